The van der Waals surface area contributed by atoms with Crippen molar-refractivity contribution >= 4 is 50.0 Å². The molecule has 2 nitrogen and oxygen atoms in total. The first kappa shape index (κ1) is 38.7. The summed E-state index contributed by atoms with van der Waals surface area (Å²) in [4.78, 5) is 4.74. The van der Waals surface area contributed by atoms with Gasteiger partial charge in [0.15, 0.2) is 0 Å². The van der Waals surface area contributed by atoms with Gasteiger partial charge in [0.05, 0.1) is 0 Å². The van der Waals surface area contributed by atoms with Gasteiger partial charge in [0.2, 0.25) is 0 Å². The van der Waals surface area contributed by atoms with Crippen molar-refractivity contribution in [3.63, 3.8) is 0 Å². The Morgan fingerprint density at radius 1 is 0.266 bits per heavy atom. The van der Waals surface area contributed by atoms with Gasteiger partial charge in [0.1, 0.15) is 0 Å². The van der Waals surface area contributed by atoms with Crippen LogP contribution in [0.1, 0.15) is 12.8 Å². The van der Waals surface area contributed by atoms with Crippen LogP contribution in [-0.4, -0.2) is 0 Å². The van der Waals surface area contributed by atoms with E-state index in [4.69, 9.17) is 0 Å². The number of rotatable bonds is 10. The molecular formula is C62H46N2. The summed E-state index contributed by atoms with van der Waals surface area (Å²) < 4.78 is 0. The molecule has 64 heavy (non-hydrogen) atoms. The van der Waals surface area contributed by atoms with Crippen LogP contribution in [0.2, 0.25) is 0 Å². The van der Waals surface area contributed by atoms with Crippen molar-refractivity contribution in [3.05, 3.63) is 261 Å². The summed E-state index contributed by atoms with van der Waals surface area (Å²) in [6.45, 7) is 0. The zero-order valence-electron chi connectivity index (χ0n) is 35.6. The van der Waals surface area contributed by atoms with Gasteiger partial charge in [-0.05, 0) is 164 Å². The molecule has 0 aliphatic heterocycles. The molecule has 0 bridgehead atoms. The number of fused-ring (bicyclic) bond motifs is 2. The molecule has 10 aromatic rings. The van der Waals surface area contributed by atoms with E-state index < -0.39 is 0 Å². The lowest BCUT2D eigenvalue weighted by molar-refractivity contribution is 0.918. The van der Waals surface area contributed by atoms with Crippen LogP contribution in [0.15, 0.2) is 261 Å². The first-order chi connectivity index (χ1) is 31.7. The van der Waals surface area contributed by atoms with Gasteiger partial charge < -0.3 is 9.80 Å². The van der Waals surface area contributed by atoms with Crippen molar-refractivity contribution < 1.29 is 0 Å². The SMILES string of the molecule is C1=CCCC(N(c2ccc(-c3cccc(-c4ccc(N(c5ccccc5)c5ccc(-c6ccc7ccccc7c6)cc5)cc4)c3)cc2)c2ccc(-c3ccc4ccccc4c3)cc2)=C1. The third kappa shape index (κ3) is 7.90. The molecule has 0 N–H and O–H groups in total. The average molecular weight is 819 g/mol. The Hall–Kier alpha value is -8.20. The molecule has 0 heterocycles. The third-order valence-electron chi connectivity index (χ3n) is 12.5. The number of hydrogen-bond acceptors (Lipinski definition) is 2. The normalized spacial score (nSPS) is 12.3. The standard InChI is InChI=1S/C62H46N2/c1-3-18-57(19-4-1)63(61-38-30-49(31-39-61)55-24-22-45-12-7-9-14-51(45)43-55)59-34-26-47(27-35-59)53-16-11-17-54(42-53)48-28-36-60(37-29-48)64(58-20-5-2-6-21-58)62-40-32-50(33-41-62)56-25-23-46-13-8-10-15-52(46)44-56/h1-5,7-20,22-44H,6,21H2. The van der Waals surface area contributed by atoms with E-state index in [-0.39, 0.29) is 0 Å². The third-order valence-corrected chi connectivity index (χ3v) is 12.5. The largest absolute Gasteiger partial charge is 0.314 e. The monoisotopic (exact) mass is 818 g/mol. The van der Waals surface area contributed by atoms with Crippen LogP contribution >= 0.6 is 0 Å². The van der Waals surface area contributed by atoms with Crippen molar-refractivity contribution in [2.24, 2.45) is 0 Å². The molecule has 0 amide bonds. The quantitative estimate of drug-likeness (QED) is 0.136. The predicted molar refractivity (Wildman–Crippen MR) is 273 cm³/mol. The van der Waals surface area contributed by atoms with Crippen LogP contribution in [0.4, 0.5) is 28.4 Å². The maximum atomic E-state index is 2.41. The molecule has 2 heteroatoms. The summed E-state index contributed by atoms with van der Waals surface area (Å²) >= 11 is 0. The van der Waals surface area contributed by atoms with Crippen LogP contribution in [0, 0.1) is 0 Å². The van der Waals surface area contributed by atoms with E-state index in [0.717, 1.165) is 41.3 Å². The average Bonchev–Trinajstić information content (AvgIpc) is 3.38. The minimum Gasteiger partial charge on any atom is -0.314 e. The second-order valence-corrected chi connectivity index (χ2v) is 16.5. The molecule has 0 saturated carbocycles. The smallest absolute Gasteiger partial charge is 0.0462 e. The number of para-hydroxylation sites is 1. The van der Waals surface area contributed by atoms with Crippen molar-refractivity contribution in [2.45, 2.75) is 12.8 Å². The molecular weight excluding hydrogens is 773 g/mol. The van der Waals surface area contributed by atoms with E-state index in [2.05, 4.69) is 265 Å². The summed E-state index contributed by atoms with van der Waals surface area (Å²) in [6.07, 6.45) is 8.72. The zero-order valence-corrected chi connectivity index (χ0v) is 35.6. The molecule has 0 spiro atoms. The highest BCUT2D eigenvalue weighted by Gasteiger charge is 2.17. The van der Waals surface area contributed by atoms with Crippen LogP contribution in [0.3, 0.4) is 0 Å². The maximum Gasteiger partial charge on any atom is 0.0462 e. The number of allylic oxidation sites excluding steroid dienone is 4. The summed E-state index contributed by atoms with van der Waals surface area (Å²) in [7, 11) is 0. The Morgan fingerprint density at radius 2 is 0.641 bits per heavy atom. The van der Waals surface area contributed by atoms with Gasteiger partial charge in [-0.15, -0.1) is 0 Å². The molecule has 11 rings (SSSR count). The molecule has 0 saturated heterocycles. The molecule has 0 atom stereocenters. The van der Waals surface area contributed by atoms with E-state index in [0.29, 0.717) is 0 Å². The first-order valence-corrected chi connectivity index (χ1v) is 22.2. The molecule has 10 aromatic carbocycles. The minimum absolute atomic E-state index is 0.993. The highest BCUT2D eigenvalue weighted by Crippen LogP contribution is 2.39. The molecule has 0 unspecified atom stereocenters. The van der Waals surface area contributed by atoms with E-state index >= 15 is 0 Å². The van der Waals surface area contributed by atoms with E-state index in [1.807, 2.05) is 0 Å². The maximum absolute atomic E-state index is 2.41. The fourth-order valence-electron chi connectivity index (χ4n) is 9.11. The van der Waals surface area contributed by atoms with Crippen molar-refractivity contribution in [2.75, 3.05) is 9.80 Å². The second-order valence-electron chi connectivity index (χ2n) is 16.5. The van der Waals surface area contributed by atoms with Gasteiger partial charge in [-0.3, -0.25) is 0 Å². The topological polar surface area (TPSA) is 6.48 Å². The number of anilines is 5. The molecule has 1 aliphatic rings. The second kappa shape index (κ2) is 17.3. The van der Waals surface area contributed by atoms with Gasteiger partial charge in [-0.25, -0.2) is 0 Å². The molecule has 0 radical (unpaired) electrons. The number of benzene rings is 10. The molecule has 304 valence electrons. The lowest BCUT2D eigenvalue weighted by atomic mass is 9.98. The summed E-state index contributed by atoms with van der Waals surface area (Å²) in [5.74, 6) is 0. The Balaban J connectivity index is 0.847. The number of hydrogen-bond donors (Lipinski definition) is 0. The van der Waals surface area contributed by atoms with Crippen LogP contribution in [-0.2, 0) is 0 Å². The Bertz CT molecular complexity index is 3290. The molecule has 1 aliphatic carbocycles. The minimum atomic E-state index is 0.993. The first-order valence-electron chi connectivity index (χ1n) is 22.2. The summed E-state index contributed by atoms with van der Waals surface area (Å²) in [6, 6.07) is 86.0. The molecule has 0 fully saturated rings. The van der Waals surface area contributed by atoms with Gasteiger partial charge in [-0.1, -0.05) is 170 Å². The van der Waals surface area contributed by atoms with Gasteiger partial charge in [-0.2, -0.15) is 0 Å². The fourth-order valence-corrected chi connectivity index (χ4v) is 9.11. The summed E-state index contributed by atoms with van der Waals surface area (Å²) in [5, 5.41) is 5.03. The Kier molecular flexibility index (Phi) is 10.5. The van der Waals surface area contributed by atoms with Crippen molar-refractivity contribution in [1.29, 1.82) is 0 Å². The van der Waals surface area contributed by atoms with Crippen molar-refractivity contribution in [3.8, 4) is 44.5 Å². The Labute approximate surface area is 376 Å². The van der Waals surface area contributed by atoms with E-state index in [9.17, 15) is 0 Å². The molecule has 0 aromatic heterocycles. The zero-order chi connectivity index (χ0) is 42.7. The van der Waals surface area contributed by atoms with Crippen LogP contribution < -0.4 is 9.80 Å². The highest BCUT2D eigenvalue weighted by atomic mass is 15.2. The lowest BCUT2D eigenvalue weighted by Crippen LogP contribution is -2.17. The van der Waals surface area contributed by atoms with Gasteiger partial charge in [0, 0.05) is 34.1 Å². The Morgan fingerprint density at radius 3 is 1.08 bits per heavy atom. The van der Waals surface area contributed by atoms with Gasteiger partial charge >= 0.3 is 0 Å². The predicted octanol–water partition coefficient (Wildman–Crippen LogP) is 17.5. The van der Waals surface area contributed by atoms with Gasteiger partial charge in [0.25, 0.3) is 0 Å². The van der Waals surface area contributed by atoms with Crippen LogP contribution in [0.25, 0.3) is 66.1 Å². The van der Waals surface area contributed by atoms with E-state index in [1.165, 1.54) is 71.7 Å². The highest BCUT2D eigenvalue weighted by molar-refractivity contribution is 5.89. The fraction of sp³-hybridized carbons (Fsp3) is 0.0323. The number of nitrogens with zero attached hydrogens (tertiary/aromatic N) is 2. The van der Waals surface area contributed by atoms with Crippen LogP contribution in [0.5, 0.6) is 0 Å². The lowest BCUT2D eigenvalue weighted by Gasteiger charge is -2.29. The van der Waals surface area contributed by atoms with Crippen molar-refractivity contribution in [1.82, 2.24) is 0 Å². The summed E-state index contributed by atoms with van der Waals surface area (Å²) in [5.41, 5.74) is 16.6. The van der Waals surface area contributed by atoms with E-state index in [1.54, 1.807) is 0 Å².